The van der Waals surface area contributed by atoms with Crippen LogP contribution in [-0.2, 0) is 11.4 Å². The minimum atomic E-state index is -0.434. The van der Waals surface area contributed by atoms with Gasteiger partial charge in [0.05, 0.1) is 19.9 Å². The molecule has 0 aromatic heterocycles. The van der Waals surface area contributed by atoms with Crippen molar-refractivity contribution in [3.8, 4) is 11.5 Å². The zero-order valence-electron chi connectivity index (χ0n) is 18.0. The van der Waals surface area contributed by atoms with Crippen molar-refractivity contribution in [3.63, 3.8) is 0 Å². The Morgan fingerprint density at radius 2 is 1.72 bits per heavy atom. The van der Waals surface area contributed by atoms with Crippen LogP contribution in [0, 0.1) is 6.92 Å². The molecule has 0 saturated heterocycles. The van der Waals surface area contributed by atoms with Gasteiger partial charge in [-0.3, -0.25) is 9.59 Å². The van der Waals surface area contributed by atoms with Crippen molar-refractivity contribution in [1.29, 1.82) is 0 Å². The fraction of sp³-hybridized carbons (Fsp3) is 0.160. The average Bonchev–Trinajstić information content (AvgIpc) is 2.82. The maximum absolute atomic E-state index is 12.0. The van der Waals surface area contributed by atoms with Crippen molar-refractivity contribution in [3.05, 3.63) is 95.1 Å². The van der Waals surface area contributed by atoms with E-state index in [1.165, 1.54) is 6.21 Å². The number of aryl methyl sites for hydroxylation is 1. The van der Waals surface area contributed by atoms with Gasteiger partial charge in [-0.25, -0.2) is 5.43 Å². The molecular formula is C25H25N3O4. The number of carbonyl (C=O) groups excluding carboxylic acids is 2. The van der Waals surface area contributed by atoms with Crippen LogP contribution < -0.4 is 20.2 Å². The van der Waals surface area contributed by atoms with Crippen molar-refractivity contribution in [2.75, 3.05) is 13.7 Å². The van der Waals surface area contributed by atoms with Gasteiger partial charge in [-0.2, -0.15) is 5.10 Å². The Morgan fingerprint density at radius 1 is 0.969 bits per heavy atom. The second-order valence-corrected chi connectivity index (χ2v) is 7.03. The maximum atomic E-state index is 12.0. The van der Waals surface area contributed by atoms with Crippen LogP contribution in [0.15, 0.2) is 77.9 Å². The van der Waals surface area contributed by atoms with Crippen LogP contribution in [0.4, 0.5) is 0 Å². The number of methoxy groups -OCH3 is 1. The van der Waals surface area contributed by atoms with Crippen LogP contribution in [0.25, 0.3) is 0 Å². The van der Waals surface area contributed by atoms with Crippen LogP contribution in [0.1, 0.15) is 27.0 Å². The summed E-state index contributed by atoms with van der Waals surface area (Å²) in [5.41, 5.74) is 5.71. The summed E-state index contributed by atoms with van der Waals surface area (Å²) in [5.74, 6) is 0.411. The highest BCUT2D eigenvalue weighted by atomic mass is 16.5. The second kappa shape index (κ2) is 11.3. The van der Waals surface area contributed by atoms with Gasteiger partial charge in [0.2, 0.25) is 0 Å². The van der Waals surface area contributed by atoms with Crippen molar-refractivity contribution < 1.29 is 19.1 Å². The van der Waals surface area contributed by atoms with E-state index in [0.29, 0.717) is 23.7 Å². The molecule has 32 heavy (non-hydrogen) atoms. The van der Waals surface area contributed by atoms with E-state index in [9.17, 15) is 9.59 Å². The molecule has 0 heterocycles. The Kier molecular flexibility index (Phi) is 7.97. The van der Waals surface area contributed by atoms with Gasteiger partial charge in [0.25, 0.3) is 11.8 Å². The monoisotopic (exact) mass is 431 g/mol. The minimum Gasteiger partial charge on any atom is -0.493 e. The van der Waals surface area contributed by atoms with E-state index < -0.39 is 5.91 Å². The largest absolute Gasteiger partial charge is 0.493 e. The summed E-state index contributed by atoms with van der Waals surface area (Å²) < 4.78 is 11.2. The van der Waals surface area contributed by atoms with Gasteiger partial charge < -0.3 is 14.8 Å². The van der Waals surface area contributed by atoms with Crippen LogP contribution in [-0.4, -0.2) is 31.7 Å². The van der Waals surface area contributed by atoms with E-state index in [-0.39, 0.29) is 12.5 Å². The number of nitrogens with one attached hydrogen (secondary N) is 2. The smallest absolute Gasteiger partial charge is 0.259 e. The van der Waals surface area contributed by atoms with Gasteiger partial charge in [-0.05, 0) is 48.4 Å². The predicted octanol–water partition coefficient (Wildman–Crippen LogP) is 3.46. The van der Waals surface area contributed by atoms with E-state index in [4.69, 9.17) is 9.47 Å². The standard InChI is InChI=1S/C25H25N3O4/c1-18-8-11-21(12-9-18)25(30)26-16-24(29)28-27-15-20-10-13-22(23(14-20)31-2)32-17-19-6-4-3-5-7-19/h3-15H,16-17H2,1-2H3,(H,26,30)(H,28,29)/b27-15+. The molecule has 3 aromatic rings. The molecule has 3 aromatic carbocycles. The van der Waals surface area contributed by atoms with Gasteiger partial charge in [0.1, 0.15) is 6.61 Å². The molecule has 7 heteroatoms. The number of carbonyl (C=O) groups is 2. The topological polar surface area (TPSA) is 89.0 Å². The molecule has 3 rings (SSSR count). The van der Waals surface area contributed by atoms with E-state index in [1.54, 1.807) is 37.4 Å². The highest BCUT2D eigenvalue weighted by Gasteiger charge is 2.08. The van der Waals surface area contributed by atoms with E-state index in [1.807, 2.05) is 49.4 Å². The van der Waals surface area contributed by atoms with Gasteiger partial charge in [-0.1, -0.05) is 48.0 Å². The van der Waals surface area contributed by atoms with Gasteiger partial charge >= 0.3 is 0 Å². The zero-order chi connectivity index (χ0) is 22.8. The molecule has 0 saturated carbocycles. The fourth-order valence-electron chi connectivity index (χ4n) is 2.80. The second-order valence-electron chi connectivity index (χ2n) is 7.03. The van der Waals surface area contributed by atoms with Crippen LogP contribution in [0.3, 0.4) is 0 Å². The number of rotatable bonds is 9. The fourth-order valence-corrected chi connectivity index (χ4v) is 2.80. The Balaban J connectivity index is 1.49. The van der Waals surface area contributed by atoms with Gasteiger partial charge in [0, 0.05) is 5.56 Å². The average molecular weight is 431 g/mol. The molecule has 2 amide bonds. The maximum Gasteiger partial charge on any atom is 0.259 e. The summed E-state index contributed by atoms with van der Waals surface area (Å²) in [6.45, 7) is 2.18. The van der Waals surface area contributed by atoms with Gasteiger partial charge in [0.15, 0.2) is 11.5 Å². The number of nitrogens with zero attached hydrogens (tertiary/aromatic N) is 1. The highest BCUT2D eigenvalue weighted by molar-refractivity contribution is 5.96. The lowest BCUT2D eigenvalue weighted by Gasteiger charge is -2.11. The first-order chi connectivity index (χ1) is 15.5. The third kappa shape index (κ3) is 6.70. The van der Waals surface area contributed by atoms with Crippen LogP contribution >= 0.6 is 0 Å². The molecule has 0 atom stereocenters. The number of amides is 2. The van der Waals surface area contributed by atoms with Crippen LogP contribution in [0.5, 0.6) is 11.5 Å². The molecule has 164 valence electrons. The molecule has 2 N–H and O–H groups in total. The summed E-state index contributed by atoms with van der Waals surface area (Å²) in [4.78, 5) is 24.0. The summed E-state index contributed by atoms with van der Waals surface area (Å²) in [7, 11) is 1.56. The Hall–Kier alpha value is -4.13. The molecular weight excluding hydrogens is 406 g/mol. The third-order valence-corrected chi connectivity index (χ3v) is 4.55. The molecule has 0 fully saturated rings. The SMILES string of the molecule is COc1cc(/C=N/NC(=O)CNC(=O)c2ccc(C)cc2)ccc1OCc1ccccc1. The lowest BCUT2D eigenvalue weighted by atomic mass is 10.1. The van der Waals surface area contributed by atoms with Crippen molar-refractivity contribution in [2.45, 2.75) is 13.5 Å². The number of ether oxygens (including phenoxy) is 2. The normalized spacial score (nSPS) is 10.6. The summed E-state index contributed by atoms with van der Waals surface area (Å²) in [6.07, 6.45) is 1.49. The lowest BCUT2D eigenvalue weighted by Crippen LogP contribution is -2.34. The van der Waals surface area contributed by atoms with Crippen molar-refractivity contribution >= 4 is 18.0 Å². The first kappa shape index (κ1) is 22.6. The molecule has 0 spiro atoms. The third-order valence-electron chi connectivity index (χ3n) is 4.55. The first-order valence-corrected chi connectivity index (χ1v) is 10.1. The molecule has 7 nitrogen and oxygen atoms in total. The number of hydrogen-bond donors (Lipinski definition) is 2. The Bertz CT molecular complexity index is 1080. The molecule has 0 radical (unpaired) electrons. The zero-order valence-corrected chi connectivity index (χ0v) is 18.0. The number of hydrazone groups is 1. The van der Waals surface area contributed by atoms with E-state index in [0.717, 1.165) is 16.7 Å². The number of hydrogen-bond acceptors (Lipinski definition) is 5. The Morgan fingerprint density at radius 3 is 2.44 bits per heavy atom. The molecule has 0 unspecified atom stereocenters. The summed E-state index contributed by atoms with van der Waals surface area (Å²) in [5, 5.41) is 6.49. The summed E-state index contributed by atoms with van der Waals surface area (Å²) in [6, 6.07) is 22.3. The van der Waals surface area contributed by atoms with Crippen molar-refractivity contribution in [1.82, 2.24) is 10.7 Å². The minimum absolute atomic E-state index is 0.181. The molecule has 0 aliphatic heterocycles. The summed E-state index contributed by atoms with van der Waals surface area (Å²) >= 11 is 0. The number of benzene rings is 3. The van der Waals surface area contributed by atoms with E-state index >= 15 is 0 Å². The predicted molar refractivity (Wildman–Crippen MR) is 123 cm³/mol. The van der Waals surface area contributed by atoms with Gasteiger partial charge in [-0.15, -0.1) is 0 Å². The first-order valence-electron chi connectivity index (χ1n) is 10.1. The molecule has 0 bridgehead atoms. The van der Waals surface area contributed by atoms with Crippen LogP contribution in [0.2, 0.25) is 0 Å². The highest BCUT2D eigenvalue weighted by Crippen LogP contribution is 2.28. The lowest BCUT2D eigenvalue weighted by molar-refractivity contribution is -0.120. The van der Waals surface area contributed by atoms with E-state index in [2.05, 4.69) is 15.8 Å². The van der Waals surface area contributed by atoms with Crippen molar-refractivity contribution in [2.24, 2.45) is 5.10 Å². The Labute approximate surface area is 187 Å². The molecule has 0 aliphatic carbocycles. The molecule has 0 aliphatic rings. The quantitative estimate of drug-likeness (QED) is 0.401.